The van der Waals surface area contributed by atoms with Gasteiger partial charge >= 0.3 is 0 Å². The number of aliphatic hydroxyl groups is 1. The summed E-state index contributed by atoms with van der Waals surface area (Å²) in [6.45, 7) is 7.82. The molecule has 0 aliphatic carbocycles. The minimum Gasteiger partial charge on any atom is -0.402 e. The summed E-state index contributed by atoms with van der Waals surface area (Å²) in [6.07, 6.45) is 6.58. The largest absolute Gasteiger partial charge is 0.402 e. The van der Waals surface area contributed by atoms with Crippen LogP contribution in [0.3, 0.4) is 0 Å². The molecule has 1 aliphatic heterocycles. The molecule has 0 unspecified atom stereocenters. The van der Waals surface area contributed by atoms with Crippen LogP contribution in [0.25, 0.3) is 0 Å². The monoisotopic (exact) mass is 471 g/mol. The van der Waals surface area contributed by atoms with Crippen LogP contribution in [-0.2, 0) is 10.0 Å². The Bertz CT molecular complexity index is 1010. The van der Waals surface area contributed by atoms with Crippen molar-refractivity contribution in [2.45, 2.75) is 56.7 Å². The van der Waals surface area contributed by atoms with Crippen LogP contribution >= 0.6 is 0 Å². The second-order valence-corrected chi connectivity index (χ2v) is 14.6. The molecule has 0 saturated carbocycles. The molecular weight excluding hydrogens is 434 g/mol. The summed E-state index contributed by atoms with van der Waals surface area (Å²) in [5, 5.41) is 10.6. The fraction of sp³-hybridized carbons (Fsp3) is 0.333. The highest BCUT2D eigenvalue weighted by Gasteiger charge is 2.49. The summed E-state index contributed by atoms with van der Waals surface area (Å²) in [7, 11) is -1.94. The first-order valence-corrected chi connectivity index (χ1v) is 15.8. The molecule has 178 valence electrons. The second-order valence-electron chi connectivity index (χ2n) is 10.1. The highest BCUT2D eigenvalue weighted by Crippen LogP contribution is 2.45. The molecule has 1 aliphatic rings. The highest BCUT2D eigenvalue weighted by atomic mass is 28.4. The summed E-state index contributed by atoms with van der Waals surface area (Å²) in [4.78, 5) is 2.44. The minimum atomic E-state index is -1.94. The summed E-state index contributed by atoms with van der Waals surface area (Å²) in [5.74, 6) is 0. The zero-order valence-electron chi connectivity index (χ0n) is 20.6. The van der Waals surface area contributed by atoms with E-state index in [0.29, 0.717) is 6.42 Å². The third kappa shape index (κ3) is 5.52. The lowest BCUT2D eigenvalue weighted by Gasteiger charge is -2.47. The Balaban J connectivity index is 1.70. The van der Waals surface area contributed by atoms with Gasteiger partial charge in [-0.25, -0.2) is 0 Å². The van der Waals surface area contributed by atoms with E-state index in [9.17, 15) is 5.11 Å². The van der Waals surface area contributed by atoms with Gasteiger partial charge in [-0.15, -0.1) is 0 Å². The van der Waals surface area contributed by atoms with Gasteiger partial charge in [0.05, 0.1) is 12.1 Å². The van der Waals surface area contributed by atoms with Gasteiger partial charge in [0.2, 0.25) is 0 Å². The summed E-state index contributed by atoms with van der Waals surface area (Å²) in [5.41, 5.74) is 2.82. The second kappa shape index (κ2) is 10.7. The van der Waals surface area contributed by atoms with Crippen LogP contribution < -0.4 is 0 Å². The Morgan fingerprint density at radius 1 is 0.912 bits per heavy atom. The van der Waals surface area contributed by atoms with Crippen LogP contribution in [0, 0.1) is 0 Å². The lowest BCUT2D eigenvalue weighted by atomic mass is 9.79. The molecule has 34 heavy (non-hydrogen) atoms. The molecule has 0 radical (unpaired) electrons. The van der Waals surface area contributed by atoms with Gasteiger partial charge < -0.3 is 14.4 Å². The van der Waals surface area contributed by atoms with E-state index < -0.39 is 20.0 Å². The Hall–Kier alpha value is -2.66. The quantitative estimate of drug-likeness (QED) is 0.345. The van der Waals surface area contributed by atoms with Crippen molar-refractivity contribution in [2.24, 2.45) is 0 Å². The zero-order valence-corrected chi connectivity index (χ0v) is 21.6. The van der Waals surface area contributed by atoms with Crippen molar-refractivity contribution >= 4 is 8.32 Å². The average molecular weight is 472 g/mol. The van der Waals surface area contributed by atoms with Crippen molar-refractivity contribution in [1.29, 1.82) is 0 Å². The van der Waals surface area contributed by atoms with E-state index in [1.54, 1.807) is 0 Å². The summed E-state index contributed by atoms with van der Waals surface area (Å²) in [6, 6.07) is 31.5. The molecule has 0 spiro atoms. The predicted molar refractivity (Wildman–Crippen MR) is 143 cm³/mol. The van der Waals surface area contributed by atoms with Crippen LogP contribution in [0.1, 0.15) is 42.1 Å². The van der Waals surface area contributed by atoms with Crippen LogP contribution in [0.15, 0.2) is 103 Å². The SMILES string of the molecule is C[Si](C)(C)OC(c1ccccc1)(c1ccccc1)[C@@H]1CCCN1/C=C/C[C@@H](O)c1ccccc1. The number of nitrogens with zero attached hydrogens (tertiary/aromatic N) is 1. The van der Waals surface area contributed by atoms with Gasteiger partial charge in [-0.3, -0.25) is 0 Å². The van der Waals surface area contributed by atoms with Crippen molar-refractivity contribution in [3.63, 3.8) is 0 Å². The highest BCUT2D eigenvalue weighted by molar-refractivity contribution is 6.69. The van der Waals surface area contributed by atoms with E-state index in [2.05, 4.69) is 97.5 Å². The van der Waals surface area contributed by atoms with Crippen molar-refractivity contribution in [3.8, 4) is 0 Å². The Kier molecular flexibility index (Phi) is 7.72. The average Bonchev–Trinajstić information content (AvgIpc) is 3.32. The van der Waals surface area contributed by atoms with Gasteiger partial charge in [-0.2, -0.15) is 0 Å². The molecule has 1 fully saturated rings. The Labute approximate surface area is 205 Å². The molecule has 3 aromatic rings. The Morgan fingerprint density at radius 2 is 1.44 bits per heavy atom. The number of hydrogen-bond acceptors (Lipinski definition) is 3. The fourth-order valence-electron chi connectivity index (χ4n) is 5.13. The van der Waals surface area contributed by atoms with Gasteiger partial charge in [-0.05, 0) is 61.8 Å². The molecular formula is C30H37NO2Si. The standard InChI is InChI=1S/C30H37NO2Si/c1-34(2,3)33-30(26-17-9-5-10-18-26,27-19-11-6-12-20-27)29-22-14-24-31(29)23-13-21-28(32)25-15-7-4-8-16-25/h4-13,15-20,23,28-29,32H,14,21-22,24H2,1-3H3/b23-13+/t28-,29+/m1/s1. The predicted octanol–water partition coefficient (Wildman–Crippen LogP) is 6.88. The van der Waals surface area contributed by atoms with Crippen molar-refractivity contribution in [3.05, 3.63) is 120 Å². The Morgan fingerprint density at radius 3 is 1.97 bits per heavy atom. The van der Waals surface area contributed by atoms with E-state index in [1.807, 2.05) is 30.3 Å². The van der Waals surface area contributed by atoms with Crippen molar-refractivity contribution in [2.75, 3.05) is 6.54 Å². The number of hydrogen-bond donors (Lipinski definition) is 1. The normalized spacial score (nSPS) is 17.9. The van der Waals surface area contributed by atoms with Gasteiger partial charge in [0, 0.05) is 6.54 Å². The minimum absolute atomic E-state index is 0.175. The molecule has 0 bridgehead atoms. The van der Waals surface area contributed by atoms with Crippen LogP contribution in [0.4, 0.5) is 0 Å². The first-order chi connectivity index (χ1) is 16.4. The number of likely N-dealkylation sites (tertiary alicyclic amines) is 1. The van der Waals surface area contributed by atoms with Crippen LogP contribution in [0.2, 0.25) is 19.6 Å². The molecule has 2 atom stereocenters. The van der Waals surface area contributed by atoms with Crippen LogP contribution in [0.5, 0.6) is 0 Å². The molecule has 4 heteroatoms. The van der Waals surface area contributed by atoms with Gasteiger partial charge in [0.25, 0.3) is 0 Å². The van der Waals surface area contributed by atoms with Gasteiger partial charge in [0.15, 0.2) is 8.32 Å². The number of rotatable bonds is 9. The number of benzene rings is 3. The summed E-state index contributed by atoms with van der Waals surface area (Å²) >= 11 is 0. The van der Waals surface area contributed by atoms with E-state index in [4.69, 9.17) is 4.43 Å². The maximum atomic E-state index is 10.6. The molecule has 4 rings (SSSR count). The smallest absolute Gasteiger partial charge is 0.185 e. The molecule has 0 aromatic heterocycles. The zero-order chi connectivity index (χ0) is 24.0. The van der Waals surface area contributed by atoms with E-state index in [1.165, 1.54) is 11.1 Å². The van der Waals surface area contributed by atoms with Gasteiger partial charge in [-0.1, -0.05) is 97.1 Å². The molecule has 1 saturated heterocycles. The molecule has 3 nitrogen and oxygen atoms in total. The summed E-state index contributed by atoms with van der Waals surface area (Å²) < 4.78 is 7.22. The van der Waals surface area contributed by atoms with Crippen molar-refractivity contribution in [1.82, 2.24) is 4.90 Å². The van der Waals surface area contributed by atoms with Gasteiger partial charge in [0.1, 0.15) is 5.60 Å². The first kappa shape index (κ1) is 24.5. The molecule has 0 amide bonds. The van der Waals surface area contributed by atoms with E-state index in [-0.39, 0.29) is 6.04 Å². The first-order valence-electron chi connectivity index (χ1n) is 12.4. The van der Waals surface area contributed by atoms with Crippen molar-refractivity contribution < 1.29 is 9.53 Å². The maximum absolute atomic E-state index is 10.6. The maximum Gasteiger partial charge on any atom is 0.185 e. The third-order valence-electron chi connectivity index (χ3n) is 6.48. The lowest BCUT2D eigenvalue weighted by Crippen LogP contribution is -2.53. The van der Waals surface area contributed by atoms with Crippen LogP contribution in [-0.4, -0.2) is 30.9 Å². The van der Waals surface area contributed by atoms with E-state index in [0.717, 1.165) is 24.9 Å². The topological polar surface area (TPSA) is 32.7 Å². The fourth-order valence-corrected chi connectivity index (χ4v) is 6.47. The van der Waals surface area contributed by atoms with E-state index >= 15 is 0 Å². The molecule has 1 N–H and O–H groups in total. The number of aliphatic hydroxyl groups excluding tert-OH is 1. The molecule has 1 heterocycles. The third-order valence-corrected chi connectivity index (χ3v) is 7.41. The lowest BCUT2D eigenvalue weighted by molar-refractivity contribution is 0.0283. The molecule has 3 aromatic carbocycles.